The monoisotopic (exact) mass is 386 g/mol. The van der Waals surface area contributed by atoms with Crippen LogP contribution >= 0.6 is 11.6 Å². The quantitative estimate of drug-likeness (QED) is 0.863. The summed E-state index contributed by atoms with van der Waals surface area (Å²) in [6.45, 7) is 1.80. The van der Waals surface area contributed by atoms with Gasteiger partial charge in [0.15, 0.2) is 0 Å². The molecule has 142 valence electrons. The van der Waals surface area contributed by atoms with Gasteiger partial charge in [0.1, 0.15) is 11.9 Å². The molecule has 0 unspecified atom stereocenters. The fraction of sp³-hybridized carbons (Fsp3) is 0.381. The van der Waals surface area contributed by atoms with Gasteiger partial charge in [-0.1, -0.05) is 54.1 Å². The molecule has 6 heteroatoms. The van der Waals surface area contributed by atoms with Crippen LogP contribution in [0, 0.1) is 0 Å². The van der Waals surface area contributed by atoms with E-state index in [0.29, 0.717) is 30.5 Å². The van der Waals surface area contributed by atoms with Crippen LogP contribution in [0.25, 0.3) is 0 Å². The number of nitrogens with one attached hydrogen (secondary N) is 1. The van der Waals surface area contributed by atoms with Gasteiger partial charge in [0.05, 0.1) is 24.2 Å². The van der Waals surface area contributed by atoms with E-state index in [9.17, 15) is 4.79 Å². The molecule has 4 rings (SSSR count). The van der Waals surface area contributed by atoms with Crippen molar-refractivity contribution in [2.75, 3.05) is 19.7 Å². The first-order chi connectivity index (χ1) is 13.2. The van der Waals surface area contributed by atoms with E-state index < -0.39 is 0 Å². The molecule has 2 fully saturated rings. The topological polar surface area (TPSA) is 50.8 Å². The number of likely N-dealkylation sites (tertiary alicyclic amines) is 1. The Morgan fingerprint density at radius 3 is 2.63 bits per heavy atom. The lowest BCUT2D eigenvalue weighted by molar-refractivity contribution is -0.00161. The number of urea groups is 1. The maximum atomic E-state index is 12.5. The second-order valence-electron chi connectivity index (χ2n) is 7.02. The number of carbonyl (C=O) groups excluding carboxylic acids is 1. The minimum Gasteiger partial charge on any atom is -0.485 e. The number of rotatable bonds is 4. The average molecular weight is 387 g/mol. The van der Waals surface area contributed by atoms with Crippen molar-refractivity contribution in [3.63, 3.8) is 0 Å². The standard InChI is InChI=1S/C21H23ClN2O3/c22-18-8-4-5-9-19(18)27-17-13-24(14-17)21(25)23-16-10-11-26-20(12-16)15-6-2-1-3-7-15/h1-9,16-17,20H,10-14H2,(H,23,25)/t16-,20+/m0/s1. The number of para-hydroxylation sites is 1. The number of nitrogens with zero attached hydrogens (tertiary/aromatic N) is 1. The van der Waals surface area contributed by atoms with Crippen LogP contribution in [0.15, 0.2) is 54.6 Å². The SMILES string of the molecule is O=C(N[C@H]1CCO[C@@H](c2ccccc2)C1)N1CC(Oc2ccccc2Cl)C1. The van der Waals surface area contributed by atoms with E-state index in [0.717, 1.165) is 18.4 Å². The van der Waals surface area contributed by atoms with E-state index in [1.807, 2.05) is 36.4 Å². The van der Waals surface area contributed by atoms with Crippen LogP contribution in [0.3, 0.4) is 0 Å². The highest BCUT2D eigenvalue weighted by Gasteiger charge is 2.34. The number of carbonyl (C=O) groups is 1. The maximum Gasteiger partial charge on any atom is 0.317 e. The largest absolute Gasteiger partial charge is 0.485 e. The lowest BCUT2D eigenvalue weighted by Crippen LogP contribution is -2.60. The van der Waals surface area contributed by atoms with Crippen molar-refractivity contribution in [3.05, 3.63) is 65.2 Å². The Morgan fingerprint density at radius 2 is 1.85 bits per heavy atom. The molecule has 0 aromatic heterocycles. The molecule has 2 aromatic carbocycles. The third kappa shape index (κ3) is 4.37. The Hall–Kier alpha value is -2.24. The summed E-state index contributed by atoms with van der Waals surface area (Å²) < 4.78 is 11.7. The molecule has 5 nitrogen and oxygen atoms in total. The molecule has 2 aliphatic rings. The summed E-state index contributed by atoms with van der Waals surface area (Å²) >= 11 is 6.11. The molecule has 2 saturated heterocycles. The Labute approximate surface area is 164 Å². The molecule has 2 atom stereocenters. The Morgan fingerprint density at radius 1 is 1.11 bits per heavy atom. The van der Waals surface area contributed by atoms with Crippen LogP contribution < -0.4 is 10.1 Å². The van der Waals surface area contributed by atoms with Gasteiger partial charge in [-0.2, -0.15) is 0 Å². The summed E-state index contributed by atoms with van der Waals surface area (Å²) in [7, 11) is 0. The smallest absolute Gasteiger partial charge is 0.317 e. The summed E-state index contributed by atoms with van der Waals surface area (Å²) in [6.07, 6.45) is 1.66. The predicted molar refractivity (Wildman–Crippen MR) is 104 cm³/mol. The van der Waals surface area contributed by atoms with Gasteiger partial charge in [0, 0.05) is 12.6 Å². The summed E-state index contributed by atoms with van der Waals surface area (Å²) in [5.41, 5.74) is 1.16. The van der Waals surface area contributed by atoms with Crippen molar-refractivity contribution in [1.29, 1.82) is 0 Å². The molecular formula is C21H23ClN2O3. The van der Waals surface area contributed by atoms with E-state index in [4.69, 9.17) is 21.1 Å². The zero-order valence-corrected chi connectivity index (χ0v) is 15.8. The molecule has 0 saturated carbocycles. The molecule has 27 heavy (non-hydrogen) atoms. The summed E-state index contributed by atoms with van der Waals surface area (Å²) in [6, 6.07) is 17.7. The normalized spacial score (nSPS) is 22.8. The Bertz CT molecular complexity index is 780. The van der Waals surface area contributed by atoms with E-state index in [2.05, 4.69) is 17.4 Å². The molecule has 0 aliphatic carbocycles. The first kappa shape index (κ1) is 18.1. The Kier molecular flexibility index (Phi) is 5.50. The van der Waals surface area contributed by atoms with Gasteiger partial charge < -0.3 is 19.7 Å². The number of ether oxygens (including phenoxy) is 2. The van der Waals surface area contributed by atoms with Crippen molar-refractivity contribution < 1.29 is 14.3 Å². The van der Waals surface area contributed by atoms with Gasteiger partial charge in [0.25, 0.3) is 0 Å². The summed E-state index contributed by atoms with van der Waals surface area (Å²) in [5, 5.41) is 3.73. The molecule has 2 aliphatic heterocycles. The molecule has 0 spiro atoms. The average Bonchev–Trinajstić information content (AvgIpc) is 2.66. The summed E-state index contributed by atoms with van der Waals surface area (Å²) in [5.74, 6) is 0.666. The van der Waals surface area contributed by atoms with Crippen molar-refractivity contribution in [1.82, 2.24) is 10.2 Å². The van der Waals surface area contributed by atoms with Gasteiger partial charge in [-0.15, -0.1) is 0 Å². The predicted octanol–water partition coefficient (Wildman–Crippen LogP) is 4.03. The molecule has 0 bridgehead atoms. The number of hydrogen-bond donors (Lipinski definition) is 1. The first-order valence-electron chi connectivity index (χ1n) is 9.32. The minimum absolute atomic E-state index is 0.0117. The van der Waals surface area contributed by atoms with Crippen LogP contribution in [-0.4, -0.2) is 42.8 Å². The zero-order chi connectivity index (χ0) is 18.6. The van der Waals surface area contributed by atoms with Gasteiger partial charge in [-0.05, 0) is 30.5 Å². The van der Waals surface area contributed by atoms with Crippen LogP contribution in [0.2, 0.25) is 5.02 Å². The molecule has 2 aromatic rings. The van der Waals surface area contributed by atoms with E-state index in [-0.39, 0.29) is 24.3 Å². The van der Waals surface area contributed by atoms with Gasteiger partial charge in [-0.3, -0.25) is 0 Å². The number of halogens is 1. The fourth-order valence-electron chi connectivity index (χ4n) is 3.49. The van der Waals surface area contributed by atoms with Crippen LogP contribution in [0.1, 0.15) is 24.5 Å². The van der Waals surface area contributed by atoms with E-state index in [1.54, 1.807) is 11.0 Å². The number of amides is 2. The number of benzene rings is 2. The second kappa shape index (κ2) is 8.19. The van der Waals surface area contributed by atoms with Crippen molar-refractivity contribution >= 4 is 17.6 Å². The minimum atomic E-state index is -0.0345. The van der Waals surface area contributed by atoms with E-state index >= 15 is 0 Å². The first-order valence-corrected chi connectivity index (χ1v) is 9.70. The lowest BCUT2D eigenvalue weighted by atomic mass is 9.97. The third-order valence-corrected chi connectivity index (χ3v) is 5.36. The highest BCUT2D eigenvalue weighted by molar-refractivity contribution is 6.32. The third-order valence-electron chi connectivity index (χ3n) is 5.05. The molecule has 0 radical (unpaired) electrons. The molecule has 1 N–H and O–H groups in total. The molecule has 2 heterocycles. The van der Waals surface area contributed by atoms with Crippen LogP contribution in [0.4, 0.5) is 4.79 Å². The fourth-order valence-corrected chi connectivity index (χ4v) is 3.67. The zero-order valence-electron chi connectivity index (χ0n) is 15.0. The highest BCUT2D eigenvalue weighted by atomic mass is 35.5. The van der Waals surface area contributed by atoms with Crippen molar-refractivity contribution in [3.8, 4) is 5.75 Å². The van der Waals surface area contributed by atoms with Crippen LogP contribution in [0.5, 0.6) is 5.75 Å². The van der Waals surface area contributed by atoms with E-state index in [1.165, 1.54) is 0 Å². The van der Waals surface area contributed by atoms with Crippen molar-refractivity contribution in [2.45, 2.75) is 31.1 Å². The molecule has 2 amide bonds. The van der Waals surface area contributed by atoms with Crippen molar-refractivity contribution in [2.24, 2.45) is 0 Å². The second-order valence-corrected chi connectivity index (χ2v) is 7.42. The van der Waals surface area contributed by atoms with Gasteiger partial charge >= 0.3 is 6.03 Å². The lowest BCUT2D eigenvalue weighted by Gasteiger charge is -2.40. The number of hydrogen-bond acceptors (Lipinski definition) is 3. The Balaban J connectivity index is 1.25. The van der Waals surface area contributed by atoms with Gasteiger partial charge in [0.2, 0.25) is 0 Å². The van der Waals surface area contributed by atoms with Crippen LogP contribution in [-0.2, 0) is 4.74 Å². The molecular weight excluding hydrogens is 364 g/mol. The highest BCUT2D eigenvalue weighted by Crippen LogP contribution is 2.29. The van der Waals surface area contributed by atoms with Gasteiger partial charge in [-0.25, -0.2) is 4.79 Å². The maximum absolute atomic E-state index is 12.5. The summed E-state index contributed by atoms with van der Waals surface area (Å²) in [4.78, 5) is 14.3.